The number of hydrogen-bond acceptors (Lipinski definition) is 4. The van der Waals surface area contributed by atoms with Crippen molar-refractivity contribution in [2.24, 2.45) is 0 Å². The SMILES string of the molecule is Nc1ccc(N2CCC(N3CCCC3)C2)cc1N. The summed E-state index contributed by atoms with van der Waals surface area (Å²) in [6.45, 7) is 4.82. The molecule has 2 fully saturated rings. The summed E-state index contributed by atoms with van der Waals surface area (Å²) in [5, 5.41) is 0. The van der Waals surface area contributed by atoms with E-state index >= 15 is 0 Å². The smallest absolute Gasteiger partial charge is 0.0568 e. The Morgan fingerprint density at radius 2 is 1.78 bits per heavy atom. The van der Waals surface area contributed by atoms with Gasteiger partial charge in [0.05, 0.1) is 11.4 Å². The van der Waals surface area contributed by atoms with Crippen LogP contribution in [0.2, 0.25) is 0 Å². The first-order valence-electron chi connectivity index (χ1n) is 6.88. The van der Waals surface area contributed by atoms with Crippen LogP contribution in [0.4, 0.5) is 17.1 Å². The van der Waals surface area contributed by atoms with Crippen molar-refractivity contribution in [3.05, 3.63) is 18.2 Å². The molecule has 1 atom stereocenters. The molecular formula is C14H22N4. The first kappa shape index (κ1) is 11.7. The summed E-state index contributed by atoms with van der Waals surface area (Å²) in [7, 11) is 0. The van der Waals surface area contributed by atoms with E-state index < -0.39 is 0 Å². The van der Waals surface area contributed by atoms with Crippen LogP contribution in [0.1, 0.15) is 19.3 Å². The van der Waals surface area contributed by atoms with Gasteiger partial charge in [0.25, 0.3) is 0 Å². The second-order valence-electron chi connectivity index (χ2n) is 5.44. The van der Waals surface area contributed by atoms with E-state index in [0.29, 0.717) is 11.4 Å². The highest BCUT2D eigenvalue weighted by Crippen LogP contribution is 2.28. The number of hydrogen-bond donors (Lipinski definition) is 2. The fraction of sp³-hybridized carbons (Fsp3) is 0.571. The molecule has 0 aromatic heterocycles. The van der Waals surface area contributed by atoms with Crippen LogP contribution in [-0.4, -0.2) is 37.1 Å². The van der Waals surface area contributed by atoms with Crippen molar-refractivity contribution >= 4 is 17.1 Å². The Hall–Kier alpha value is -1.42. The molecule has 4 nitrogen and oxygen atoms in total. The van der Waals surface area contributed by atoms with Crippen LogP contribution in [-0.2, 0) is 0 Å². The van der Waals surface area contributed by atoms with Gasteiger partial charge in [0.2, 0.25) is 0 Å². The normalized spacial score (nSPS) is 24.9. The van der Waals surface area contributed by atoms with Gasteiger partial charge in [-0.05, 0) is 50.6 Å². The molecular weight excluding hydrogens is 224 g/mol. The first-order valence-corrected chi connectivity index (χ1v) is 6.88. The maximum Gasteiger partial charge on any atom is 0.0568 e. The minimum atomic E-state index is 0.675. The predicted molar refractivity (Wildman–Crippen MR) is 76.7 cm³/mol. The standard InChI is InChI=1S/C14H22N4/c15-13-4-3-11(9-14(13)16)18-8-5-12(10-18)17-6-1-2-7-17/h3-4,9,12H,1-2,5-8,10,15-16H2. The van der Waals surface area contributed by atoms with Crippen LogP contribution >= 0.6 is 0 Å². The van der Waals surface area contributed by atoms with E-state index in [1.54, 1.807) is 0 Å². The molecule has 3 rings (SSSR count). The van der Waals surface area contributed by atoms with Crippen LogP contribution in [0.25, 0.3) is 0 Å². The van der Waals surface area contributed by atoms with Crippen LogP contribution in [0.5, 0.6) is 0 Å². The van der Waals surface area contributed by atoms with Gasteiger partial charge in [-0.15, -0.1) is 0 Å². The molecule has 0 aliphatic carbocycles. The highest BCUT2D eigenvalue weighted by atomic mass is 15.3. The number of nitrogens with two attached hydrogens (primary N) is 2. The largest absolute Gasteiger partial charge is 0.397 e. The number of benzene rings is 1. The lowest BCUT2D eigenvalue weighted by atomic mass is 10.2. The number of nitrogen functional groups attached to an aromatic ring is 2. The van der Waals surface area contributed by atoms with E-state index in [-0.39, 0.29) is 0 Å². The third-order valence-electron chi connectivity index (χ3n) is 4.26. The molecule has 2 saturated heterocycles. The Morgan fingerprint density at radius 3 is 2.50 bits per heavy atom. The summed E-state index contributed by atoms with van der Waals surface area (Å²) in [5.41, 5.74) is 14.2. The summed E-state index contributed by atoms with van der Waals surface area (Å²) < 4.78 is 0. The average Bonchev–Trinajstić information content (AvgIpc) is 3.01. The quantitative estimate of drug-likeness (QED) is 0.777. The van der Waals surface area contributed by atoms with E-state index in [1.165, 1.54) is 38.0 Å². The molecule has 2 aliphatic heterocycles. The van der Waals surface area contributed by atoms with Gasteiger partial charge in [0.15, 0.2) is 0 Å². The third-order valence-corrected chi connectivity index (χ3v) is 4.26. The molecule has 0 saturated carbocycles. The van der Waals surface area contributed by atoms with Crippen molar-refractivity contribution in [1.29, 1.82) is 0 Å². The van der Waals surface area contributed by atoms with E-state index in [0.717, 1.165) is 19.1 Å². The Morgan fingerprint density at radius 1 is 1.00 bits per heavy atom. The minimum Gasteiger partial charge on any atom is -0.397 e. The lowest BCUT2D eigenvalue weighted by molar-refractivity contribution is 0.260. The van der Waals surface area contributed by atoms with Crippen LogP contribution < -0.4 is 16.4 Å². The molecule has 1 aromatic carbocycles. The average molecular weight is 246 g/mol. The molecule has 0 bridgehead atoms. The van der Waals surface area contributed by atoms with Crippen molar-refractivity contribution in [3.63, 3.8) is 0 Å². The summed E-state index contributed by atoms with van der Waals surface area (Å²) in [6, 6.07) is 6.72. The molecule has 0 radical (unpaired) electrons. The van der Waals surface area contributed by atoms with Crippen molar-refractivity contribution in [1.82, 2.24) is 4.90 Å². The second kappa shape index (κ2) is 4.69. The Balaban J connectivity index is 1.69. The fourth-order valence-corrected chi connectivity index (χ4v) is 3.14. The number of likely N-dealkylation sites (tertiary alicyclic amines) is 1. The van der Waals surface area contributed by atoms with Crippen molar-refractivity contribution < 1.29 is 0 Å². The molecule has 4 heteroatoms. The summed E-state index contributed by atoms with van der Waals surface area (Å²) in [4.78, 5) is 5.07. The van der Waals surface area contributed by atoms with E-state index in [9.17, 15) is 0 Å². The second-order valence-corrected chi connectivity index (χ2v) is 5.44. The van der Waals surface area contributed by atoms with Gasteiger partial charge >= 0.3 is 0 Å². The molecule has 2 heterocycles. The van der Waals surface area contributed by atoms with Gasteiger partial charge in [0, 0.05) is 24.8 Å². The summed E-state index contributed by atoms with van der Waals surface area (Å²) in [6.07, 6.45) is 4.00. The third kappa shape index (κ3) is 2.12. The molecule has 98 valence electrons. The Kier molecular flexibility index (Phi) is 3.04. The van der Waals surface area contributed by atoms with Crippen LogP contribution in [0, 0.1) is 0 Å². The highest BCUT2D eigenvalue weighted by molar-refractivity contribution is 5.70. The van der Waals surface area contributed by atoms with Gasteiger partial charge in [-0.3, -0.25) is 4.90 Å². The van der Waals surface area contributed by atoms with Gasteiger partial charge in [-0.1, -0.05) is 0 Å². The van der Waals surface area contributed by atoms with Gasteiger partial charge in [0.1, 0.15) is 0 Å². The van der Waals surface area contributed by atoms with Gasteiger partial charge in [-0.25, -0.2) is 0 Å². The van der Waals surface area contributed by atoms with Crippen molar-refractivity contribution in [2.75, 3.05) is 42.5 Å². The maximum atomic E-state index is 5.88. The first-order chi connectivity index (χ1) is 8.74. The summed E-state index contributed by atoms with van der Waals surface area (Å²) >= 11 is 0. The monoisotopic (exact) mass is 246 g/mol. The minimum absolute atomic E-state index is 0.675. The Labute approximate surface area is 109 Å². The molecule has 1 unspecified atom stereocenters. The summed E-state index contributed by atoms with van der Waals surface area (Å²) in [5.74, 6) is 0. The lowest BCUT2D eigenvalue weighted by Crippen LogP contribution is -2.35. The van der Waals surface area contributed by atoms with Crippen molar-refractivity contribution in [2.45, 2.75) is 25.3 Å². The molecule has 2 aliphatic rings. The van der Waals surface area contributed by atoms with E-state index in [2.05, 4.69) is 15.9 Å². The van der Waals surface area contributed by atoms with Crippen molar-refractivity contribution in [3.8, 4) is 0 Å². The predicted octanol–water partition coefficient (Wildman–Crippen LogP) is 1.53. The Bertz CT molecular complexity index is 426. The molecule has 18 heavy (non-hydrogen) atoms. The molecule has 4 N–H and O–H groups in total. The van der Waals surface area contributed by atoms with E-state index in [1.807, 2.05) is 12.1 Å². The number of nitrogens with zero attached hydrogens (tertiary/aromatic N) is 2. The maximum absolute atomic E-state index is 5.88. The topological polar surface area (TPSA) is 58.5 Å². The highest BCUT2D eigenvalue weighted by Gasteiger charge is 2.29. The zero-order chi connectivity index (χ0) is 12.5. The molecule has 0 amide bonds. The van der Waals surface area contributed by atoms with E-state index in [4.69, 9.17) is 11.5 Å². The van der Waals surface area contributed by atoms with Crippen LogP contribution in [0.15, 0.2) is 18.2 Å². The number of anilines is 3. The zero-order valence-corrected chi connectivity index (χ0v) is 10.8. The van der Waals surface area contributed by atoms with Gasteiger partial charge < -0.3 is 16.4 Å². The molecule has 1 aromatic rings. The molecule has 0 spiro atoms. The van der Waals surface area contributed by atoms with Gasteiger partial charge in [-0.2, -0.15) is 0 Å². The zero-order valence-electron chi connectivity index (χ0n) is 10.8. The number of rotatable bonds is 2. The fourth-order valence-electron chi connectivity index (χ4n) is 3.14. The lowest BCUT2D eigenvalue weighted by Gasteiger charge is -2.24. The van der Waals surface area contributed by atoms with Crippen LogP contribution in [0.3, 0.4) is 0 Å².